The minimum Gasteiger partial charge on any atom is -0.305 e. The van der Waals surface area contributed by atoms with E-state index in [1.165, 1.54) is 0 Å². The summed E-state index contributed by atoms with van der Waals surface area (Å²) in [5.41, 5.74) is 3.05. The Kier molecular flexibility index (Phi) is 5.50. The van der Waals surface area contributed by atoms with Crippen LogP contribution in [0.15, 0.2) is 42.9 Å². The maximum absolute atomic E-state index is 12.6. The third-order valence-corrected chi connectivity index (χ3v) is 5.41. The second kappa shape index (κ2) is 8.20. The van der Waals surface area contributed by atoms with E-state index in [0.717, 1.165) is 60.2 Å². The number of Topliss-reactive ketones (excluding diaryl/α,β-unsaturated/α-hetero) is 1. The fourth-order valence-electron chi connectivity index (χ4n) is 3.80. The van der Waals surface area contributed by atoms with Crippen molar-refractivity contribution in [1.29, 1.82) is 0 Å². The Morgan fingerprint density at radius 2 is 1.89 bits per heavy atom. The van der Waals surface area contributed by atoms with Gasteiger partial charge in [0.2, 0.25) is 0 Å². The standard InChI is InChI=1S/C22H27N5O/c1-25-6-3-7-27(9-8-25)16-22(28)12-21-11-19-10-17(4-5-18(19)13-23-21)20-14-24-26(2)15-20/h4-5,10-11,13-15H,3,6-9,12,16H2,1-2H3. The van der Waals surface area contributed by atoms with Crippen molar-refractivity contribution in [3.63, 3.8) is 0 Å². The van der Waals surface area contributed by atoms with E-state index >= 15 is 0 Å². The molecule has 0 unspecified atom stereocenters. The summed E-state index contributed by atoms with van der Waals surface area (Å²) in [4.78, 5) is 21.7. The molecule has 0 aliphatic carbocycles. The van der Waals surface area contributed by atoms with Crippen LogP contribution in [0.4, 0.5) is 0 Å². The number of carbonyl (C=O) groups is 1. The van der Waals surface area contributed by atoms with Gasteiger partial charge >= 0.3 is 0 Å². The zero-order chi connectivity index (χ0) is 19.5. The molecule has 1 saturated heterocycles. The molecule has 1 aromatic carbocycles. The molecule has 1 aliphatic rings. The molecule has 0 amide bonds. The molecule has 0 radical (unpaired) electrons. The lowest BCUT2D eigenvalue weighted by molar-refractivity contribution is -0.119. The lowest BCUT2D eigenvalue weighted by Crippen LogP contribution is -2.34. The van der Waals surface area contributed by atoms with Crippen molar-refractivity contribution >= 4 is 16.6 Å². The van der Waals surface area contributed by atoms with E-state index in [-0.39, 0.29) is 5.78 Å². The topological polar surface area (TPSA) is 54.3 Å². The molecule has 2 aromatic heterocycles. The number of aromatic nitrogens is 3. The molecule has 28 heavy (non-hydrogen) atoms. The summed E-state index contributed by atoms with van der Waals surface area (Å²) in [6.45, 7) is 4.61. The summed E-state index contributed by atoms with van der Waals surface area (Å²) in [6, 6.07) is 8.35. The average Bonchev–Trinajstić information content (AvgIpc) is 3.01. The van der Waals surface area contributed by atoms with Gasteiger partial charge in [-0.3, -0.25) is 19.4 Å². The summed E-state index contributed by atoms with van der Waals surface area (Å²) < 4.78 is 1.80. The second-order valence-electron chi connectivity index (χ2n) is 7.79. The lowest BCUT2D eigenvalue weighted by Gasteiger charge is -2.19. The van der Waals surface area contributed by atoms with E-state index in [1.54, 1.807) is 4.68 Å². The number of aryl methyl sites for hydroxylation is 1. The number of fused-ring (bicyclic) bond motifs is 1. The van der Waals surface area contributed by atoms with Gasteiger partial charge in [0.05, 0.1) is 19.2 Å². The normalized spacial score (nSPS) is 16.4. The van der Waals surface area contributed by atoms with E-state index in [1.807, 2.05) is 31.7 Å². The van der Waals surface area contributed by atoms with Crippen molar-refractivity contribution in [1.82, 2.24) is 24.6 Å². The monoisotopic (exact) mass is 377 g/mol. The summed E-state index contributed by atoms with van der Waals surface area (Å²) >= 11 is 0. The molecule has 146 valence electrons. The number of hydrogen-bond acceptors (Lipinski definition) is 5. The quantitative estimate of drug-likeness (QED) is 0.683. The molecule has 6 nitrogen and oxygen atoms in total. The number of pyridine rings is 1. The summed E-state index contributed by atoms with van der Waals surface area (Å²) in [5.74, 6) is 0.236. The van der Waals surface area contributed by atoms with Crippen molar-refractivity contribution in [3.8, 4) is 11.1 Å². The van der Waals surface area contributed by atoms with Crippen molar-refractivity contribution in [2.24, 2.45) is 7.05 Å². The number of hydrogen-bond donors (Lipinski definition) is 0. The smallest absolute Gasteiger partial charge is 0.152 e. The van der Waals surface area contributed by atoms with E-state index in [9.17, 15) is 4.79 Å². The Balaban J connectivity index is 1.46. The van der Waals surface area contributed by atoms with Gasteiger partial charge in [-0.2, -0.15) is 5.10 Å². The van der Waals surface area contributed by atoms with Gasteiger partial charge in [0.1, 0.15) is 0 Å². The molecular weight excluding hydrogens is 350 g/mol. The van der Waals surface area contributed by atoms with E-state index in [2.05, 4.69) is 45.1 Å². The highest BCUT2D eigenvalue weighted by atomic mass is 16.1. The van der Waals surface area contributed by atoms with Gasteiger partial charge in [-0.1, -0.05) is 12.1 Å². The number of ketones is 1. The number of likely N-dealkylation sites (N-methyl/N-ethyl adjacent to an activating group) is 1. The molecule has 6 heteroatoms. The van der Waals surface area contributed by atoms with E-state index < -0.39 is 0 Å². The van der Waals surface area contributed by atoms with Crippen LogP contribution in [0, 0.1) is 0 Å². The van der Waals surface area contributed by atoms with Gasteiger partial charge in [0, 0.05) is 49.2 Å². The fraction of sp³-hybridized carbons (Fsp3) is 0.409. The highest BCUT2D eigenvalue weighted by molar-refractivity contribution is 5.88. The number of benzene rings is 1. The molecule has 0 spiro atoms. The van der Waals surface area contributed by atoms with Crippen LogP contribution in [-0.4, -0.2) is 70.1 Å². The first kappa shape index (κ1) is 18.8. The first-order valence-corrected chi connectivity index (χ1v) is 9.87. The average molecular weight is 377 g/mol. The zero-order valence-electron chi connectivity index (χ0n) is 16.6. The molecule has 0 saturated carbocycles. The van der Waals surface area contributed by atoms with Crippen LogP contribution in [0.2, 0.25) is 0 Å². The molecule has 0 bridgehead atoms. The Morgan fingerprint density at radius 3 is 2.71 bits per heavy atom. The highest BCUT2D eigenvalue weighted by Crippen LogP contribution is 2.24. The van der Waals surface area contributed by atoms with Crippen LogP contribution in [0.1, 0.15) is 12.1 Å². The van der Waals surface area contributed by atoms with Crippen LogP contribution in [-0.2, 0) is 18.3 Å². The summed E-state index contributed by atoms with van der Waals surface area (Å²) in [5, 5.41) is 6.44. The SMILES string of the molecule is CN1CCCN(CC(=O)Cc2cc3cc(-c4cnn(C)c4)ccc3cn2)CC1. The number of nitrogens with zero attached hydrogens (tertiary/aromatic N) is 5. The minimum absolute atomic E-state index is 0.236. The third kappa shape index (κ3) is 4.46. The van der Waals surface area contributed by atoms with Gasteiger partial charge in [0.25, 0.3) is 0 Å². The van der Waals surface area contributed by atoms with Crippen LogP contribution >= 0.6 is 0 Å². The third-order valence-electron chi connectivity index (χ3n) is 5.41. The molecule has 0 N–H and O–H groups in total. The van der Waals surface area contributed by atoms with Gasteiger partial charge in [0.15, 0.2) is 5.78 Å². The van der Waals surface area contributed by atoms with Gasteiger partial charge in [-0.25, -0.2) is 0 Å². The van der Waals surface area contributed by atoms with Crippen molar-refractivity contribution in [2.75, 3.05) is 39.8 Å². The van der Waals surface area contributed by atoms with Gasteiger partial charge in [-0.15, -0.1) is 0 Å². The Morgan fingerprint density at radius 1 is 1.00 bits per heavy atom. The molecule has 3 heterocycles. The molecule has 1 aliphatic heterocycles. The minimum atomic E-state index is 0.236. The first-order valence-electron chi connectivity index (χ1n) is 9.87. The van der Waals surface area contributed by atoms with Crippen LogP contribution in [0.25, 0.3) is 21.9 Å². The lowest BCUT2D eigenvalue weighted by atomic mass is 10.0. The Hall–Kier alpha value is -2.57. The van der Waals surface area contributed by atoms with Gasteiger partial charge in [-0.05, 0) is 49.6 Å². The Labute approximate surface area is 165 Å². The molecule has 0 atom stereocenters. The molecular formula is C22H27N5O. The highest BCUT2D eigenvalue weighted by Gasteiger charge is 2.16. The largest absolute Gasteiger partial charge is 0.305 e. The van der Waals surface area contributed by atoms with Crippen molar-refractivity contribution < 1.29 is 4.79 Å². The molecule has 4 rings (SSSR count). The molecule has 3 aromatic rings. The number of rotatable bonds is 5. The van der Waals surface area contributed by atoms with E-state index in [4.69, 9.17) is 0 Å². The predicted octanol–water partition coefficient (Wildman–Crippen LogP) is 2.38. The summed E-state index contributed by atoms with van der Waals surface area (Å²) in [7, 11) is 4.06. The number of carbonyl (C=O) groups excluding carboxylic acids is 1. The second-order valence-corrected chi connectivity index (χ2v) is 7.79. The summed E-state index contributed by atoms with van der Waals surface area (Å²) in [6.07, 6.45) is 7.25. The maximum Gasteiger partial charge on any atom is 0.152 e. The zero-order valence-corrected chi connectivity index (χ0v) is 16.6. The Bertz CT molecular complexity index is 980. The van der Waals surface area contributed by atoms with Crippen molar-refractivity contribution in [3.05, 3.63) is 48.5 Å². The van der Waals surface area contributed by atoms with Crippen molar-refractivity contribution in [2.45, 2.75) is 12.8 Å². The first-order chi connectivity index (χ1) is 13.6. The predicted molar refractivity (Wildman–Crippen MR) is 111 cm³/mol. The maximum atomic E-state index is 12.6. The van der Waals surface area contributed by atoms with Crippen LogP contribution in [0.5, 0.6) is 0 Å². The molecule has 1 fully saturated rings. The van der Waals surface area contributed by atoms with Gasteiger partial charge < -0.3 is 4.90 Å². The fourth-order valence-corrected chi connectivity index (χ4v) is 3.80. The van der Waals surface area contributed by atoms with Crippen LogP contribution < -0.4 is 0 Å². The van der Waals surface area contributed by atoms with Crippen LogP contribution in [0.3, 0.4) is 0 Å². The van der Waals surface area contributed by atoms with E-state index in [0.29, 0.717) is 13.0 Å².